The second-order valence-corrected chi connectivity index (χ2v) is 9.03. The van der Waals surface area contributed by atoms with Gasteiger partial charge in [0.1, 0.15) is 11.3 Å². The molecule has 1 aliphatic carbocycles. The molecule has 1 saturated carbocycles. The SMILES string of the molecule is CC[S+]([O-])Nc1cc(C(/C=C(\C=O)OC)=C/N(C)C)c2oc(C3CCCC3)nc2c1. The third-order valence-corrected chi connectivity index (χ3v) is 6.05. The van der Waals surface area contributed by atoms with Gasteiger partial charge in [-0.1, -0.05) is 12.8 Å². The Labute approximate surface area is 180 Å². The summed E-state index contributed by atoms with van der Waals surface area (Å²) in [6.07, 6.45) is 8.74. The number of hydrogen-bond donors (Lipinski definition) is 1. The standard InChI is InChI=1S/C22H29N3O4S/c1-5-30(27)24-17-11-19(16(13-25(2)3)10-18(14-26)28-4)21-20(12-17)23-22(29-21)15-8-6-7-9-15/h10-15,24H,5-9H2,1-4H3/b16-13+,18-10+. The Kier molecular flexibility index (Phi) is 7.44. The second kappa shape index (κ2) is 10.0. The number of oxazole rings is 1. The summed E-state index contributed by atoms with van der Waals surface area (Å²) in [4.78, 5) is 18.0. The summed E-state index contributed by atoms with van der Waals surface area (Å²) >= 11 is -1.20. The summed E-state index contributed by atoms with van der Waals surface area (Å²) in [7, 11) is 5.26. The fourth-order valence-electron chi connectivity index (χ4n) is 3.63. The molecule has 0 radical (unpaired) electrons. The van der Waals surface area contributed by atoms with Crippen LogP contribution in [0, 0.1) is 0 Å². The van der Waals surface area contributed by atoms with Crippen LogP contribution in [-0.4, -0.2) is 47.7 Å². The van der Waals surface area contributed by atoms with Gasteiger partial charge in [-0.25, -0.2) is 9.71 Å². The molecular formula is C22H29N3O4S. The normalized spacial score (nSPS) is 16.7. The van der Waals surface area contributed by atoms with E-state index in [1.807, 2.05) is 44.3 Å². The van der Waals surface area contributed by atoms with Crippen LogP contribution in [0.15, 0.2) is 34.6 Å². The molecule has 0 saturated heterocycles. The predicted molar refractivity (Wildman–Crippen MR) is 120 cm³/mol. The quantitative estimate of drug-likeness (QED) is 0.209. The topological polar surface area (TPSA) is 90.7 Å². The number of rotatable bonds is 9. The average Bonchev–Trinajstić information content (AvgIpc) is 3.39. The number of allylic oxidation sites excluding steroid dienone is 3. The van der Waals surface area contributed by atoms with Crippen LogP contribution in [0.2, 0.25) is 0 Å². The van der Waals surface area contributed by atoms with Crippen molar-refractivity contribution in [2.45, 2.75) is 38.5 Å². The Morgan fingerprint density at radius 1 is 1.40 bits per heavy atom. The van der Waals surface area contributed by atoms with Gasteiger partial charge in [0.25, 0.3) is 0 Å². The van der Waals surface area contributed by atoms with Crippen LogP contribution in [-0.2, 0) is 20.9 Å². The van der Waals surface area contributed by atoms with Gasteiger partial charge < -0.3 is 18.6 Å². The number of aldehydes is 1. The maximum Gasteiger partial charge on any atom is 0.198 e. The summed E-state index contributed by atoms with van der Waals surface area (Å²) in [6, 6.07) is 3.74. The summed E-state index contributed by atoms with van der Waals surface area (Å²) in [5, 5.41) is 0. The molecule has 30 heavy (non-hydrogen) atoms. The van der Waals surface area contributed by atoms with E-state index in [0.29, 0.717) is 34.7 Å². The summed E-state index contributed by atoms with van der Waals surface area (Å²) < 4.78 is 26.6. The third kappa shape index (κ3) is 5.17. The molecule has 0 amide bonds. The third-order valence-electron chi connectivity index (χ3n) is 5.06. The van der Waals surface area contributed by atoms with Crippen molar-refractivity contribution in [1.82, 2.24) is 9.88 Å². The van der Waals surface area contributed by atoms with Crippen molar-refractivity contribution in [3.63, 3.8) is 0 Å². The fraction of sp³-hybridized carbons (Fsp3) is 0.455. The number of nitrogens with zero attached hydrogens (tertiary/aromatic N) is 2. The first-order valence-electron chi connectivity index (χ1n) is 10.1. The summed E-state index contributed by atoms with van der Waals surface area (Å²) in [6.45, 7) is 1.85. The van der Waals surface area contributed by atoms with Crippen LogP contribution in [0.4, 0.5) is 5.69 Å². The fourth-order valence-corrected chi connectivity index (χ4v) is 4.16. The number of nitrogens with one attached hydrogen (secondary N) is 1. The van der Waals surface area contributed by atoms with Crippen molar-refractivity contribution in [2.75, 3.05) is 31.7 Å². The van der Waals surface area contributed by atoms with Crippen LogP contribution in [0.1, 0.15) is 50.0 Å². The molecule has 0 aliphatic heterocycles. The molecule has 7 nitrogen and oxygen atoms in total. The number of hydrogen-bond acceptors (Lipinski definition) is 7. The minimum Gasteiger partial charge on any atom is -0.593 e. The number of anilines is 1. The lowest BCUT2D eigenvalue weighted by Crippen LogP contribution is -2.14. The maximum atomic E-state index is 12.1. The van der Waals surface area contributed by atoms with Gasteiger partial charge in [0.05, 0.1) is 24.2 Å². The molecule has 2 aromatic rings. The number of carbonyl (C=O) groups is 1. The van der Waals surface area contributed by atoms with Crippen molar-refractivity contribution in [2.24, 2.45) is 0 Å². The molecule has 1 N–H and O–H groups in total. The molecule has 1 aromatic heterocycles. The lowest BCUT2D eigenvalue weighted by atomic mass is 10.0. The van der Waals surface area contributed by atoms with Crippen molar-refractivity contribution >= 4 is 40.0 Å². The molecule has 1 aliphatic rings. The van der Waals surface area contributed by atoms with E-state index in [1.54, 1.807) is 6.08 Å². The van der Waals surface area contributed by atoms with E-state index in [9.17, 15) is 9.35 Å². The van der Waals surface area contributed by atoms with E-state index in [4.69, 9.17) is 14.1 Å². The molecule has 8 heteroatoms. The smallest absolute Gasteiger partial charge is 0.198 e. The molecule has 3 rings (SSSR count). The molecule has 1 fully saturated rings. The monoisotopic (exact) mass is 431 g/mol. The summed E-state index contributed by atoms with van der Waals surface area (Å²) in [5.74, 6) is 1.75. The van der Waals surface area contributed by atoms with Gasteiger partial charge in [-0.05, 0) is 38.0 Å². The Morgan fingerprint density at radius 3 is 2.73 bits per heavy atom. The van der Waals surface area contributed by atoms with E-state index in [-0.39, 0.29) is 5.76 Å². The van der Waals surface area contributed by atoms with Gasteiger partial charge in [-0.2, -0.15) is 0 Å². The maximum absolute atomic E-state index is 12.1. The van der Waals surface area contributed by atoms with E-state index in [1.165, 1.54) is 20.0 Å². The van der Waals surface area contributed by atoms with Crippen molar-refractivity contribution in [1.29, 1.82) is 0 Å². The zero-order valence-corrected chi connectivity index (χ0v) is 18.8. The molecule has 1 unspecified atom stereocenters. The van der Waals surface area contributed by atoms with Crippen molar-refractivity contribution in [3.8, 4) is 0 Å². The van der Waals surface area contributed by atoms with Crippen LogP contribution >= 0.6 is 0 Å². The number of carbonyl (C=O) groups excluding carboxylic acids is 1. The van der Waals surface area contributed by atoms with Gasteiger partial charge in [-0.3, -0.25) is 4.79 Å². The van der Waals surface area contributed by atoms with Gasteiger partial charge in [0, 0.05) is 37.3 Å². The van der Waals surface area contributed by atoms with E-state index < -0.39 is 11.4 Å². The van der Waals surface area contributed by atoms with Gasteiger partial charge in [0.15, 0.2) is 23.5 Å². The van der Waals surface area contributed by atoms with E-state index in [0.717, 1.165) is 29.9 Å². The first-order valence-corrected chi connectivity index (χ1v) is 11.5. The van der Waals surface area contributed by atoms with Crippen molar-refractivity contribution < 1.29 is 18.5 Å². The zero-order chi connectivity index (χ0) is 21.7. The minimum atomic E-state index is -1.20. The van der Waals surface area contributed by atoms with Crippen LogP contribution in [0.25, 0.3) is 16.7 Å². The number of aromatic nitrogens is 1. The highest BCUT2D eigenvalue weighted by atomic mass is 32.2. The Hall–Kier alpha value is -2.45. The average molecular weight is 432 g/mol. The second-order valence-electron chi connectivity index (χ2n) is 7.56. The van der Waals surface area contributed by atoms with E-state index in [2.05, 4.69) is 4.72 Å². The molecule has 1 heterocycles. The largest absolute Gasteiger partial charge is 0.593 e. The highest BCUT2D eigenvalue weighted by Gasteiger charge is 2.24. The lowest BCUT2D eigenvalue weighted by Gasteiger charge is -2.14. The van der Waals surface area contributed by atoms with Gasteiger partial charge in [-0.15, -0.1) is 0 Å². The predicted octanol–water partition coefficient (Wildman–Crippen LogP) is 4.21. The van der Waals surface area contributed by atoms with E-state index >= 15 is 0 Å². The highest BCUT2D eigenvalue weighted by molar-refractivity contribution is 7.92. The van der Waals surface area contributed by atoms with Gasteiger partial charge >= 0.3 is 0 Å². The first-order chi connectivity index (χ1) is 14.4. The molecule has 1 atom stereocenters. The Morgan fingerprint density at radius 2 is 2.13 bits per heavy atom. The number of fused-ring (bicyclic) bond motifs is 1. The Bertz CT molecular complexity index is 945. The molecular weight excluding hydrogens is 402 g/mol. The number of methoxy groups -OCH3 is 1. The van der Waals surface area contributed by atoms with Crippen LogP contribution in [0.5, 0.6) is 0 Å². The minimum absolute atomic E-state index is 0.197. The number of ether oxygens (including phenoxy) is 1. The summed E-state index contributed by atoms with van der Waals surface area (Å²) in [5.41, 5.74) is 3.52. The van der Waals surface area contributed by atoms with Gasteiger partial charge in [0.2, 0.25) is 0 Å². The molecule has 162 valence electrons. The zero-order valence-electron chi connectivity index (χ0n) is 17.9. The van der Waals surface area contributed by atoms with Crippen LogP contribution < -0.4 is 4.72 Å². The molecule has 0 spiro atoms. The van der Waals surface area contributed by atoms with Crippen molar-refractivity contribution in [3.05, 3.63) is 41.6 Å². The molecule has 0 bridgehead atoms. The number of benzene rings is 1. The first kappa shape index (κ1) is 22.2. The lowest BCUT2D eigenvalue weighted by molar-refractivity contribution is -0.107. The Balaban J connectivity index is 2.19. The molecule has 1 aromatic carbocycles. The van der Waals surface area contributed by atoms with Crippen LogP contribution in [0.3, 0.4) is 0 Å². The highest BCUT2D eigenvalue weighted by Crippen LogP contribution is 2.38.